The molecular formula is C20H34N4O. The van der Waals surface area contributed by atoms with E-state index < -0.39 is 0 Å². The fraction of sp³-hybridized carbons (Fsp3) is 0.650. The Morgan fingerprint density at radius 1 is 1.20 bits per heavy atom. The van der Waals surface area contributed by atoms with Crippen LogP contribution in [0.4, 0.5) is 0 Å². The second kappa shape index (κ2) is 11.1. The zero-order valence-corrected chi connectivity index (χ0v) is 16.1. The number of rotatable bonds is 8. The Bertz CT molecular complexity index is 507. The molecule has 1 saturated heterocycles. The SMILES string of the molecule is CCc1ccc(CCNC(=NC)NC2CCN(CCOC)CC2)cc1. The van der Waals surface area contributed by atoms with Crippen LogP contribution >= 0.6 is 0 Å². The number of hydrogen-bond donors (Lipinski definition) is 2. The summed E-state index contributed by atoms with van der Waals surface area (Å²) in [6.07, 6.45) is 4.42. The molecule has 0 saturated carbocycles. The maximum absolute atomic E-state index is 5.16. The van der Waals surface area contributed by atoms with Crippen LogP contribution in [0, 0.1) is 0 Å². The van der Waals surface area contributed by atoms with E-state index in [1.165, 1.54) is 11.1 Å². The quantitative estimate of drug-likeness (QED) is 0.559. The van der Waals surface area contributed by atoms with Gasteiger partial charge in [0, 0.05) is 46.4 Å². The summed E-state index contributed by atoms with van der Waals surface area (Å²) in [5.41, 5.74) is 2.76. The van der Waals surface area contributed by atoms with Gasteiger partial charge >= 0.3 is 0 Å². The lowest BCUT2D eigenvalue weighted by molar-refractivity contribution is 0.128. The van der Waals surface area contributed by atoms with Crippen molar-refractivity contribution in [2.24, 2.45) is 4.99 Å². The molecule has 1 aliphatic heterocycles. The van der Waals surface area contributed by atoms with Crippen molar-refractivity contribution in [2.45, 2.75) is 38.6 Å². The number of nitrogens with zero attached hydrogens (tertiary/aromatic N) is 2. The molecule has 0 aliphatic carbocycles. The number of aryl methyl sites for hydroxylation is 1. The molecule has 2 N–H and O–H groups in total. The first-order valence-electron chi connectivity index (χ1n) is 9.51. The minimum absolute atomic E-state index is 0.508. The number of guanidine groups is 1. The molecule has 5 heteroatoms. The van der Waals surface area contributed by atoms with Gasteiger partial charge in [-0.1, -0.05) is 31.2 Å². The molecular weight excluding hydrogens is 312 g/mol. The van der Waals surface area contributed by atoms with Crippen LogP contribution in [0.25, 0.3) is 0 Å². The normalized spacial score (nSPS) is 16.8. The Labute approximate surface area is 152 Å². The summed E-state index contributed by atoms with van der Waals surface area (Å²) >= 11 is 0. The van der Waals surface area contributed by atoms with Crippen LogP contribution in [-0.2, 0) is 17.6 Å². The standard InChI is InChI=1S/C20H34N4O/c1-4-17-5-7-18(8-6-17)9-12-22-20(21-2)23-19-10-13-24(14-11-19)15-16-25-3/h5-8,19H,4,9-16H2,1-3H3,(H2,21,22,23). The van der Waals surface area contributed by atoms with Gasteiger partial charge < -0.3 is 20.3 Å². The summed E-state index contributed by atoms with van der Waals surface area (Å²) in [5.74, 6) is 0.917. The maximum atomic E-state index is 5.16. The number of nitrogens with one attached hydrogen (secondary N) is 2. The Morgan fingerprint density at radius 3 is 2.48 bits per heavy atom. The Balaban J connectivity index is 1.67. The van der Waals surface area contributed by atoms with Gasteiger partial charge in [0.15, 0.2) is 5.96 Å². The minimum atomic E-state index is 0.508. The van der Waals surface area contributed by atoms with Crippen LogP contribution in [0.2, 0.25) is 0 Å². The first kappa shape index (κ1) is 19.7. The van der Waals surface area contributed by atoms with E-state index in [2.05, 4.69) is 51.7 Å². The Hall–Kier alpha value is -1.59. The van der Waals surface area contributed by atoms with Crippen LogP contribution in [0.1, 0.15) is 30.9 Å². The largest absolute Gasteiger partial charge is 0.383 e. The van der Waals surface area contributed by atoms with E-state index in [-0.39, 0.29) is 0 Å². The van der Waals surface area contributed by atoms with Gasteiger partial charge in [-0.2, -0.15) is 0 Å². The maximum Gasteiger partial charge on any atom is 0.191 e. The van der Waals surface area contributed by atoms with Crippen molar-refractivity contribution in [1.82, 2.24) is 15.5 Å². The third kappa shape index (κ3) is 7.04. The van der Waals surface area contributed by atoms with E-state index in [0.717, 1.165) is 64.4 Å². The molecule has 0 bridgehead atoms. The van der Waals surface area contributed by atoms with Gasteiger partial charge in [0.1, 0.15) is 0 Å². The molecule has 0 unspecified atom stereocenters. The van der Waals surface area contributed by atoms with Gasteiger partial charge in [0.05, 0.1) is 6.61 Å². The van der Waals surface area contributed by atoms with E-state index in [4.69, 9.17) is 4.74 Å². The highest BCUT2D eigenvalue weighted by Gasteiger charge is 2.19. The average Bonchev–Trinajstić information content (AvgIpc) is 2.67. The van der Waals surface area contributed by atoms with Gasteiger partial charge in [-0.3, -0.25) is 4.99 Å². The molecule has 1 fully saturated rings. The zero-order chi connectivity index (χ0) is 17.9. The van der Waals surface area contributed by atoms with Crippen molar-refractivity contribution in [1.29, 1.82) is 0 Å². The lowest BCUT2D eigenvalue weighted by Gasteiger charge is -2.32. The second-order valence-corrected chi connectivity index (χ2v) is 6.67. The number of hydrogen-bond acceptors (Lipinski definition) is 3. The van der Waals surface area contributed by atoms with Crippen molar-refractivity contribution < 1.29 is 4.74 Å². The Morgan fingerprint density at radius 2 is 1.88 bits per heavy atom. The highest BCUT2D eigenvalue weighted by atomic mass is 16.5. The molecule has 0 spiro atoms. The van der Waals surface area contributed by atoms with E-state index in [9.17, 15) is 0 Å². The molecule has 5 nitrogen and oxygen atoms in total. The lowest BCUT2D eigenvalue weighted by atomic mass is 10.1. The molecule has 0 aromatic heterocycles. The third-order valence-corrected chi connectivity index (χ3v) is 4.90. The van der Waals surface area contributed by atoms with Crippen molar-refractivity contribution in [3.63, 3.8) is 0 Å². The second-order valence-electron chi connectivity index (χ2n) is 6.67. The summed E-state index contributed by atoms with van der Waals surface area (Å²) < 4.78 is 5.16. The van der Waals surface area contributed by atoms with E-state index in [1.807, 2.05) is 7.05 Å². The summed E-state index contributed by atoms with van der Waals surface area (Å²) in [6, 6.07) is 9.41. The minimum Gasteiger partial charge on any atom is -0.383 e. The predicted molar refractivity (Wildman–Crippen MR) is 105 cm³/mol. The van der Waals surface area contributed by atoms with Crippen LogP contribution in [0.15, 0.2) is 29.3 Å². The first-order chi connectivity index (χ1) is 12.2. The number of likely N-dealkylation sites (tertiary alicyclic amines) is 1. The molecule has 1 aliphatic rings. The van der Waals surface area contributed by atoms with Crippen molar-refractivity contribution in [3.05, 3.63) is 35.4 Å². The number of benzene rings is 1. The van der Waals surface area contributed by atoms with Crippen LogP contribution in [0.3, 0.4) is 0 Å². The first-order valence-corrected chi connectivity index (χ1v) is 9.51. The van der Waals surface area contributed by atoms with Crippen molar-refractivity contribution >= 4 is 5.96 Å². The number of ether oxygens (including phenoxy) is 1. The summed E-state index contributed by atoms with van der Waals surface area (Å²) in [4.78, 5) is 6.84. The molecule has 1 aromatic rings. The molecule has 0 amide bonds. The highest BCUT2D eigenvalue weighted by Crippen LogP contribution is 2.10. The Kier molecular flexibility index (Phi) is 8.77. The van der Waals surface area contributed by atoms with E-state index >= 15 is 0 Å². The predicted octanol–water partition coefficient (Wildman–Crippen LogP) is 2.07. The summed E-state index contributed by atoms with van der Waals surface area (Å²) in [7, 11) is 3.61. The fourth-order valence-electron chi connectivity index (χ4n) is 3.18. The van der Waals surface area contributed by atoms with Gasteiger partial charge in [-0.05, 0) is 36.8 Å². The fourth-order valence-corrected chi connectivity index (χ4v) is 3.18. The van der Waals surface area contributed by atoms with Gasteiger partial charge in [-0.25, -0.2) is 0 Å². The van der Waals surface area contributed by atoms with Crippen LogP contribution in [-0.4, -0.2) is 63.8 Å². The molecule has 25 heavy (non-hydrogen) atoms. The highest BCUT2D eigenvalue weighted by molar-refractivity contribution is 5.79. The van der Waals surface area contributed by atoms with Crippen LogP contribution in [0.5, 0.6) is 0 Å². The molecule has 1 heterocycles. The molecule has 0 atom stereocenters. The van der Waals surface area contributed by atoms with Crippen molar-refractivity contribution in [2.75, 3.05) is 46.9 Å². The third-order valence-electron chi connectivity index (χ3n) is 4.90. The average molecular weight is 347 g/mol. The van der Waals surface area contributed by atoms with E-state index in [0.29, 0.717) is 6.04 Å². The van der Waals surface area contributed by atoms with Crippen LogP contribution < -0.4 is 10.6 Å². The topological polar surface area (TPSA) is 48.9 Å². The van der Waals surface area contributed by atoms with Gasteiger partial charge in [0.2, 0.25) is 0 Å². The van der Waals surface area contributed by atoms with Crippen molar-refractivity contribution in [3.8, 4) is 0 Å². The monoisotopic (exact) mass is 346 g/mol. The number of methoxy groups -OCH3 is 1. The van der Waals surface area contributed by atoms with Gasteiger partial charge in [0.25, 0.3) is 0 Å². The lowest BCUT2D eigenvalue weighted by Crippen LogP contribution is -2.49. The summed E-state index contributed by atoms with van der Waals surface area (Å²) in [5, 5.41) is 7.01. The molecule has 0 radical (unpaired) electrons. The number of piperidine rings is 1. The smallest absolute Gasteiger partial charge is 0.191 e. The molecule has 140 valence electrons. The number of aliphatic imine (C=N–C) groups is 1. The summed E-state index contributed by atoms with van der Waals surface area (Å²) in [6.45, 7) is 7.20. The van der Waals surface area contributed by atoms with E-state index in [1.54, 1.807) is 7.11 Å². The molecule has 1 aromatic carbocycles. The van der Waals surface area contributed by atoms with Gasteiger partial charge in [-0.15, -0.1) is 0 Å². The molecule has 2 rings (SSSR count). The zero-order valence-electron chi connectivity index (χ0n) is 16.1.